The van der Waals surface area contributed by atoms with E-state index in [0.29, 0.717) is 0 Å². The van der Waals surface area contributed by atoms with Crippen LogP contribution in [0.1, 0.15) is 0 Å². The van der Waals surface area contributed by atoms with E-state index in [-0.39, 0.29) is 11.5 Å². The highest BCUT2D eigenvalue weighted by Crippen LogP contribution is 2.11. The van der Waals surface area contributed by atoms with Crippen LogP contribution in [0.4, 0.5) is 0 Å². The third-order valence-electron chi connectivity index (χ3n) is 0.968. The van der Waals surface area contributed by atoms with Crippen molar-refractivity contribution >= 4 is 0 Å². The van der Waals surface area contributed by atoms with E-state index in [1.807, 2.05) is 0 Å². The second kappa shape index (κ2) is 1.93. The van der Waals surface area contributed by atoms with E-state index >= 15 is 0 Å². The third-order valence-corrected chi connectivity index (χ3v) is 0.968. The highest BCUT2D eigenvalue weighted by Gasteiger charge is 1.98. The van der Waals surface area contributed by atoms with Crippen molar-refractivity contribution in [1.29, 1.82) is 0 Å². The Morgan fingerprint density at radius 1 is 1.22 bits per heavy atom. The second-order valence-electron chi connectivity index (χ2n) is 1.92. The van der Waals surface area contributed by atoms with Gasteiger partial charge in [0.1, 0.15) is 7.05 Å². The van der Waals surface area contributed by atoms with E-state index in [9.17, 15) is 0 Å². The number of pyridine rings is 1. The topological polar surface area (TPSA) is 44.3 Å². The van der Waals surface area contributed by atoms with Crippen LogP contribution in [0.3, 0.4) is 0 Å². The van der Waals surface area contributed by atoms with Gasteiger partial charge in [0, 0.05) is 6.07 Å². The molecule has 0 fully saturated rings. The molecular weight excluding hydrogens is 118 g/mol. The summed E-state index contributed by atoms with van der Waals surface area (Å²) in [4.78, 5) is 0. The zero-order valence-electron chi connectivity index (χ0n) is 5.07. The van der Waals surface area contributed by atoms with Gasteiger partial charge in [-0.05, 0) is 0 Å². The number of aromatic hydroxyl groups is 2. The smallest absolute Gasteiger partial charge is 0.210 e. The fourth-order valence-corrected chi connectivity index (χ4v) is 0.681. The van der Waals surface area contributed by atoms with Gasteiger partial charge in [-0.3, -0.25) is 0 Å². The minimum atomic E-state index is 0.0671. The minimum Gasteiger partial charge on any atom is -0.503 e. The van der Waals surface area contributed by atoms with E-state index in [4.69, 9.17) is 10.2 Å². The standard InChI is InChI=1S/C6H7NO2/c1-7-3-5(8)2-6(9)4-7/h2-4H,1H3,(H-,8,9)/p+1. The first-order chi connectivity index (χ1) is 4.18. The van der Waals surface area contributed by atoms with Gasteiger partial charge in [0.05, 0.1) is 0 Å². The fraction of sp³-hybridized carbons (Fsp3) is 0.167. The molecule has 0 spiro atoms. The number of aromatic nitrogens is 1. The van der Waals surface area contributed by atoms with Crippen LogP contribution in [-0.2, 0) is 7.05 Å². The Morgan fingerprint density at radius 3 is 2.00 bits per heavy atom. The van der Waals surface area contributed by atoms with Crippen molar-refractivity contribution < 1.29 is 14.8 Å². The number of hydrogen-bond acceptors (Lipinski definition) is 2. The Morgan fingerprint density at radius 2 is 1.67 bits per heavy atom. The summed E-state index contributed by atoms with van der Waals surface area (Å²) in [5, 5.41) is 17.6. The van der Waals surface area contributed by atoms with Crippen molar-refractivity contribution in [2.75, 3.05) is 0 Å². The van der Waals surface area contributed by atoms with Crippen LogP contribution in [-0.4, -0.2) is 10.2 Å². The molecule has 0 aliphatic carbocycles. The predicted octanol–water partition coefficient (Wildman–Crippen LogP) is -0.0777. The Kier molecular flexibility index (Phi) is 1.26. The molecule has 1 rings (SSSR count). The van der Waals surface area contributed by atoms with Gasteiger partial charge in [-0.1, -0.05) is 0 Å². The maximum Gasteiger partial charge on any atom is 0.210 e. The normalized spacial score (nSPS) is 9.44. The number of rotatable bonds is 0. The molecule has 0 bridgehead atoms. The summed E-state index contributed by atoms with van der Waals surface area (Å²) in [6.07, 6.45) is 3.00. The van der Waals surface area contributed by atoms with Gasteiger partial charge in [0.2, 0.25) is 12.4 Å². The van der Waals surface area contributed by atoms with Crippen molar-refractivity contribution in [3.63, 3.8) is 0 Å². The summed E-state index contributed by atoms with van der Waals surface area (Å²) in [5.74, 6) is 0.134. The van der Waals surface area contributed by atoms with Gasteiger partial charge >= 0.3 is 0 Å². The first-order valence-electron chi connectivity index (χ1n) is 2.57. The highest BCUT2D eigenvalue weighted by atomic mass is 16.3. The summed E-state index contributed by atoms with van der Waals surface area (Å²) in [5.41, 5.74) is 0. The van der Waals surface area contributed by atoms with Crippen LogP contribution >= 0.6 is 0 Å². The summed E-state index contributed by atoms with van der Waals surface area (Å²) in [6.45, 7) is 0. The number of hydrogen-bond donors (Lipinski definition) is 2. The molecule has 0 aromatic carbocycles. The molecule has 0 radical (unpaired) electrons. The average molecular weight is 126 g/mol. The van der Waals surface area contributed by atoms with Gasteiger partial charge in [0.25, 0.3) is 0 Å². The van der Waals surface area contributed by atoms with E-state index < -0.39 is 0 Å². The summed E-state index contributed by atoms with van der Waals surface area (Å²) >= 11 is 0. The molecule has 9 heavy (non-hydrogen) atoms. The largest absolute Gasteiger partial charge is 0.503 e. The summed E-state index contributed by atoms with van der Waals surface area (Å²) in [7, 11) is 1.72. The average Bonchev–Trinajstić information content (AvgIpc) is 1.59. The second-order valence-corrected chi connectivity index (χ2v) is 1.92. The molecule has 2 N–H and O–H groups in total. The van der Waals surface area contributed by atoms with Crippen molar-refractivity contribution in [3.05, 3.63) is 18.5 Å². The maximum absolute atomic E-state index is 8.81. The lowest BCUT2D eigenvalue weighted by Crippen LogP contribution is -2.25. The van der Waals surface area contributed by atoms with E-state index in [2.05, 4.69) is 0 Å². The zero-order valence-corrected chi connectivity index (χ0v) is 5.07. The van der Waals surface area contributed by atoms with Gasteiger partial charge in [-0.2, -0.15) is 0 Å². The molecule has 0 atom stereocenters. The Bertz CT molecular complexity index is 172. The first kappa shape index (κ1) is 5.88. The van der Waals surface area contributed by atoms with Gasteiger partial charge in [-0.25, -0.2) is 4.57 Å². The molecule has 1 aromatic heterocycles. The van der Waals surface area contributed by atoms with Crippen LogP contribution in [0.25, 0.3) is 0 Å². The van der Waals surface area contributed by atoms with Crippen molar-refractivity contribution in [2.24, 2.45) is 7.05 Å². The van der Waals surface area contributed by atoms with E-state index in [0.717, 1.165) is 0 Å². The molecular formula is C6H8NO2+. The monoisotopic (exact) mass is 126 g/mol. The molecule has 0 aliphatic rings. The van der Waals surface area contributed by atoms with E-state index in [1.165, 1.54) is 18.5 Å². The molecule has 0 saturated heterocycles. The molecule has 0 aliphatic heterocycles. The minimum absolute atomic E-state index is 0.0671. The van der Waals surface area contributed by atoms with Gasteiger partial charge in [-0.15, -0.1) is 0 Å². The molecule has 0 amide bonds. The third kappa shape index (κ3) is 1.32. The highest BCUT2D eigenvalue weighted by molar-refractivity contribution is 5.22. The van der Waals surface area contributed by atoms with E-state index in [1.54, 1.807) is 11.6 Å². The number of nitrogens with zero attached hydrogens (tertiary/aromatic N) is 1. The fourth-order valence-electron chi connectivity index (χ4n) is 0.681. The lowest BCUT2D eigenvalue weighted by molar-refractivity contribution is -0.672. The summed E-state index contributed by atoms with van der Waals surface area (Å²) < 4.78 is 1.57. The van der Waals surface area contributed by atoms with Crippen LogP contribution in [0.15, 0.2) is 18.5 Å². The van der Waals surface area contributed by atoms with Crippen molar-refractivity contribution in [3.8, 4) is 11.5 Å². The van der Waals surface area contributed by atoms with Crippen LogP contribution in [0.5, 0.6) is 11.5 Å². The first-order valence-corrected chi connectivity index (χ1v) is 2.57. The van der Waals surface area contributed by atoms with Crippen LogP contribution in [0, 0.1) is 0 Å². The Hall–Kier alpha value is -1.25. The maximum atomic E-state index is 8.81. The molecule has 3 heteroatoms. The van der Waals surface area contributed by atoms with Crippen molar-refractivity contribution in [1.82, 2.24) is 0 Å². The molecule has 1 aromatic rings. The van der Waals surface area contributed by atoms with Gasteiger partial charge in [0.15, 0.2) is 11.5 Å². The SMILES string of the molecule is C[n+]1cc(O)cc(O)c1. The zero-order chi connectivity index (χ0) is 6.85. The number of aryl methyl sites for hydroxylation is 1. The molecule has 0 saturated carbocycles. The lowest BCUT2D eigenvalue weighted by Gasteiger charge is -1.89. The predicted molar refractivity (Wildman–Crippen MR) is 30.9 cm³/mol. The Balaban J connectivity index is 3.17. The molecule has 3 nitrogen and oxygen atoms in total. The summed E-state index contributed by atoms with van der Waals surface area (Å²) in [6, 6.07) is 1.28. The Labute approximate surface area is 52.8 Å². The molecule has 48 valence electrons. The molecule has 1 heterocycles. The quantitative estimate of drug-likeness (QED) is 0.477. The van der Waals surface area contributed by atoms with Crippen LogP contribution in [0.2, 0.25) is 0 Å². The molecule has 0 unspecified atom stereocenters. The van der Waals surface area contributed by atoms with Crippen LogP contribution < -0.4 is 4.57 Å². The van der Waals surface area contributed by atoms with Gasteiger partial charge < -0.3 is 10.2 Å². The van der Waals surface area contributed by atoms with Crippen molar-refractivity contribution in [2.45, 2.75) is 0 Å². The lowest BCUT2D eigenvalue weighted by atomic mass is 10.4.